The molecule has 5 heteroatoms. The minimum absolute atomic E-state index is 0.126. The maximum atomic E-state index is 13.1. The van der Waals surface area contributed by atoms with Gasteiger partial charge in [-0.2, -0.15) is 0 Å². The van der Waals surface area contributed by atoms with Gasteiger partial charge in [-0.3, -0.25) is 9.78 Å². The first-order valence-electron chi connectivity index (χ1n) is 9.09. The highest BCUT2D eigenvalue weighted by atomic mass is 16.5. The molecule has 0 N–H and O–H groups in total. The number of benzene rings is 1. The molecule has 0 saturated carbocycles. The molecule has 2 aromatic heterocycles. The quantitative estimate of drug-likeness (QED) is 0.720. The standard InChI is InChI=1S/C21H23N3O2/c1-26-20-9-4-8-19-17(20)10-13-23(19)15-21(25)24-12-3-2-7-18(24)16-6-5-11-22-14-16/h4-6,8-11,13-14,18H,2-3,7,12,15H2,1H3/t18-/m0/s1. The summed E-state index contributed by atoms with van der Waals surface area (Å²) in [5.41, 5.74) is 2.15. The molecule has 0 unspecified atom stereocenters. The van der Waals surface area contributed by atoms with Crippen molar-refractivity contribution in [2.75, 3.05) is 13.7 Å². The molecule has 1 aliphatic heterocycles. The van der Waals surface area contributed by atoms with E-state index in [4.69, 9.17) is 4.74 Å². The van der Waals surface area contributed by atoms with Crippen LogP contribution in [-0.2, 0) is 11.3 Å². The zero-order chi connectivity index (χ0) is 17.9. The Hall–Kier alpha value is -2.82. The highest BCUT2D eigenvalue weighted by molar-refractivity contribution is 5.88. The summed E-state index contributed by atoms with van der Waals surface area (Å²) in [4.78, 5) is 19.4. The fourth-order valence-corrected chi connectivity index (χ4v) is 3.90. The molecule has 26 heavy (non-hydrogen) atoms. The third-order valence-electron chi connectivity index (χ3n) is 5.19. The Morgan fingerprint density at radius 3 is 2.96 bits per heavy atom. The number of methoxy groups -OCH3 is 1. The number of carbonyl (C=O) groups is 1. The van der Waals surface area contributed by atoms with Crippen LogP contribution < -0.4 is 4.74 Å². The highest BCUT2D eigenvalue weighted by Gasteiger charge is 2.28. The Balaban J connectivity index is 1.59. The Morgan fingerprint density at radius 1 is 1.23 bits per heavy atom. The van der Waals surface area contributed by atoms with Gasteiger partial charge in [0.1, 0.15) is 12.3 Å². The van der Waals surface area contributed by atoms with Gasteiger partial charge in [-0.05, 0) is 49.1 Å². The van der Waals surface area contributed by atoms with E-state index >= 15 is 0 Å². The van der Waals surface area contributed by atoms with E-state index in [1.165, 1.54) is 0 Å². The first kappa shape index (κ1) is 16.6. The van der Waals surface area contributed by atoms with Crippen molar-refractivity contribution >= 4 is 16.8 Å². The van der Waals surface area contributed by atoms with Crippen LogP contribution in [0, 0.1) is 0 Å². The zero-order valence-electron chi connectivity index (χ0n) is 15.0. The van der Waals surface area contributed by atoms with Gasteiger partial charge in [0.2, 0.25) is 5.91 Å². The average molecular weight is 349 g/mol. The first-order chi connectivity index (χ1) is 12.8. The summed E-state index contributed by atoms with van der Waals surface area (Å²) in [6, 6.07) is 12.1. The molecule has 4 rings (SSSR count). The Morgan fingerprint density at radius 2 is 2.15 bits per heavy atom. The van der Waals surface area contributed by atoms with Gasteiger partial charge in [-0.1, -0.05) is 12.1 Å². The molecular weight excluding hydrogens is 326 g/mol. The van der Waals surface area contributed by atoms with Crippen molar-refractivity contribution in [3.63, 3.8) is 0 Å². The van der Waals surface area contributed by atoms with Gasteiger partial charge >= 0.3 is 0 Å². The molecule has 1 amide bonds. The maximum Gasteiger partial charge on any atom is 0.243 e. The van der Waals surface area contributed by atoms with Crippen molar-refractivity contribution < 1.29 is 9.53 Å². The van der Waals surface area contributed by atoms with Gasteiger partial charge in [0.15, 0.2) is 0 Å². The molecule has 134 valence electrons. The van der Waals surface area contributed by atoms with Crippen molar-refractivity contribution in [3.05, 3.63) is 60.6 Å². The van der Waals surface area contributed by atoms with E-state index < -0.39 is 0 Å². The van der Waals surface area contributed by atoms with Crippen molar-refractivity contribution in [3.8, 4) is 5.75 Å². The number of hydrogen-bond acceptors (Lipinski definition) is 3. The number of aromatic nitrogens is 2. The van der Waals surface area contributed by atoms with E-state index in [0.717, 1.165) is 48.0 Å². The number of amides is 1. The molecule has 3 heterocycles. The first-order valence-corrected chi connectivity index (χ1v) is 9.09. The van der Waals surface area contributed by atoms with Crippen molar-refractivity contribution in [2.45, 2.75) is 31.8 Å². The number of rotatable bonds is 4. The molecule has 1 fully saturated rings. The van der Waals surface area contributed by atoms with E-state index in [0.29, 0.717) is 6.54 Å². The van der Waals surface area contributed by atoms with Crippen molar-refractivity contribution in [2.24, 2.45) is 0 Å². The summed E-state index contributed by atoms with van der Waals surface area (Å²) in [6.07, 6.45) is 8.82. The van der Waals surface area contributed by atoms with Crippen LogP contribution >= 0.6 is 0 Å². The zero-order valence-corrected chi connectivity index (χ0v) is 15.0. The molecule has 1 aromatic carbocycles. The van der Waals surface area contributed by atoms with Crippen LogP contribution in [0.25, 0.3) is 10.9 Å². The monoisotopic (exact) mass is 349 g/mol. The molecule has 1 atom stereocenters. The van der Waals surface area contributed by atoms with Gasteiger partial charge in [0, 0.05) is 30.5 Å². The van der Waals surface area contributed by atoms with Gasteiger partial charge in [0.05, 0.1) is 18.7 Å². The lowest BCUT2D eigenvalue weighted by molar-refractivity contribution is -0.135. The van der Waals surface area contributed by atoms with E-state index in [-0.39, 0.29) is 11.9 Å². The minimum atomic E-state index is 0.126. The number of fused-ring (bicyclic) bond motifs is 1. The van der Waals surface area contributed by atoms with Crippen LogP contribution in [0.15, 0.2) is 55.0 Å². The second kappa shape index (κ2) is 7.20. The molecule has 1 aliphatic rings. The number of ether oxygens (including phenoxy) is 1. The van der Waals surface area contributed by atoms with Crippen LogP contribution in [0.5, 0.6) is 5.75 Å². The molecule has 5 nitrogen and oxygen atoms in total. The lowest BCUT2D eigenvalue weighted by Gasteiger charge is -2.36. The SMILES string of the molecule is COc1cccc2c1ccn2CC(=O)N1CCCC[C@H]1c1cccnc1. The van der Waals surface area contributed by atoms with Crippen LogP contribution in [0.1, 0.15) is 30.9 Å². The molecule has 0 aliphatic carbocycles. The third-order valence-corrected chi connectivity index (χ3v) is 5.19. The fourth-order valence-electron chi connectivity index (χ4n) is 3.90. The average Bonchev–Trinajstić information content (AvgIpc) is 3.11. The summed E-state index contributed by atoms with van der Waals surface area (Å²) in [6.45, 7) is 1.15. The van der Waals surface area contributed by atoms with E-state index in [1.807, 2.05) is 52.2 Å². The minimum Gasteiger partial charge on any atom is -0.496 e. The van der Waals surface area contributed by atoms with Crippen molar-refractivity contribution in [1.29, 1.82) is 0 Å². The van der Waals surface area contributed by atoms with Gasteiger partial charge in [-0.25, -0.2) is 0 Å². The second-order valence-corrected chi connectivity index (χ2v) is 6.72. The molecular formula is C21H23N3O2. The van der Waals surface area contributed by atoms with Crippen LogP contribution in [0.2, 0.25) is 0 Å². The van der Waals surface area contributed by atoms with Gasteiger partial charge in [0.25, 0.3) is 0 Å². The summed E-state index contributed by atoms with van der Waals surface area (Å²) in [5, 5.41) is 1.03. The molecule has 0 spiro atoms. The summed E-state index contributed by atoms with van der Waals surface area (Å²) < 4.78 is 7.43. The largest absolute Gasteiger partial charge is 0.496 e. The summed E-state index contributed by atoms with van der Waals surface area (Å²) in [7, 11) is 1.67. The van der Waals surface area contributed by atoms with E-state index in [1.54, 1.807) is 13.3 Å². The number of piperidine rings is 1. The summed E-state index contributed by atoms with van der Waals surface area (Å²) >= 11 is 0. The van der Waals surface area contributed by atoms with Crippen molar-refractivity contribution in [1.82, 2.24) is 14.5 Å². The van der Waals surface area contributed by atoms with Crippen LogP contribution in [0.4, 0.5) is 0 Å². The smallest absolute Gasteiger partial charge is 0.243 e. The number of carbonyl (C=O) groups excluding carboxylic acids is 1. The topological polar surface area (TPSA) is 47.4 Å². The number of nitrogens with zero attached hydrogens (tertiary/aromatic N) is 3. The number of likely N-dealkylation sites (tertiary alicyclic amines) is 1. The van der Waals surface area contributed by atoms with Crippen LogP contribution in [-0.4, -0.2) is 34.0 Å². The van der Waals surface area contributed by atoms with E-state index in [2.05, 4.69) is 11.1 Å². The molecule has 0 bridgehead atoms. The number of hydrogen-bond donors (Lipinski definition) is 0. The van der Waals surface area contributed by atoms with Gasteiger partial charge in [-0.15, -0.1) is 0 Å². The van der Waals surface area contributed by atoms with Crippen LogP contribution in [0.3, 0.4) is 0 Å². The normalized spacial score (nSPS) is 17.4. The lowest BCUT2D eigenvalue weighted by Crippen LogP contribution is -2.40. The predicted octanol–water partition coefficient (Wildman–Crippen LogP) is 3.80. The number of pyridine rings is 1. The Bertz CT molecular complexity index is 904. The summed E-state index contributed by atoms with van der Waals surface area (Å²) in [5.74, 6) is 0.985. The Kier molecular flexibility index (Phi) is 4.61. The lowest BCUT2D eigenvalue weighted by atomic mass is 9.96. The van der Waals surface area contributed by atoms with Gasteiger partial charge < -0.3 is 14.2 Å². The van der Waals surface area contributed by atoms with E-state index in [9.17, 15) is 4.79 Å². The highest BCUT2D eigenvalue weighted by Crippen LogP contribution is 2.31. The third kappa shape index (κ3) is 3.05. The fraction of sp³-hybridized carbons (Fsp3) is 0.333. The second-order valence-electron chi connectivity index (χ2n) is 6.72. The Labute approximate surface area is 153 Å². The predicted molar refractivity (Wildman–Crippen MR) is 101 cm³/mol. The molecule has 0 radical (unpaired) electrons. The molecule has 3 aromatic rings. The molecule has 1 saturated heterocycles. The maximum absolute atomic E-state index is 13.1.